The smallest absolute Gasteiger partial charge is 0.356 e. The van der Waals surface area contributed by atoms with Gasteiger partial charge in [-0.05, 0) is 61.6 Å². The lowest BCUT2D eigenvalue weighted by Gasteiger charge is -2.22. The van der Waals surface area contributed by atoms with Crippen LogP contribution in [0.1, 0.15) is 104 Å². The summed E-state index contributed by atoms with van der Waals surface area (Å²) in [6.45, 7) is 9.80. The summed E-state index contributed by atoms with van der Waals surface area (Å²) in [5.41, 5.74) is 0.393. The number of hydrogen-bond acceptors (Lipinski definition) is 7. The largest absolute Gasteiger partial charge is 0.461 e. The SMILES string of the molecule is CCCCC(C)COC(=O)c1ccc(C(=O)NS(=O)(=O)c2ccc(C(=O)N(CCCC)CCCC)cc2)cn1. The minimum Gasteiger partial charge on any atom is -0.461 e. The highest BCUT2D eigenvalue weighted by molar-refractivity contribution is 7.90. The Hall–Kier alpha value is -3.27. The van der Waals surface area contributed by atoms with Gasteiger partial charge in [0.25, 0.3) is 21.8 Å². The average Bonchev–Trinajstić information content (AvgIpc) is 2.94. The first-order valence-corrected chi connectivity index (χ1v) is 15.2. The summed E-state index contributed by atoms with van der Waals surface area (Å²) in [5.74, 6) is -1.40. The molecule has 0 saturated heterocycles. The molecule has 1 aromatic carbocycles. The summed E-state index contributed by atoms with van der Waals surface area (Å²) in [6, 6.07) is 8.16. The van der Waals surface area contributed by atoms with Crippen molar-refractivity contribution < 1.29 is 27.5 Å². The van der Waals surface area contributed by atoms with Crippen molar-refractivity contribution in [1.29, 1.82) is 0 Å². The van der Waals surface area contributed by atoms with E-state index in [1.807, 2.05) is 11.6 Å². The number of unbranched alkanes of at least 4 members (excludes halogenated alkanes) is 3. The Balaban J connectivity index is 2.02. The summed E-state index contributed by atoms with van der Waals surface area (Å²) in [5, 5.41) is 0. The highest BCUT2D eigenvalue weighted by atomic mass is 32.2. The maximum absolute atomic E-state index is 12.9. The topological polar surface area (TPSA) is 123 Å². The van der Waals surface area contributed by atoms with Crippen molar-refractivity contribution in [2.24, 2.45) is 5.92 Å². The van der Waals surface area contributed by atoms with Crippen LogP contribution >= 0.6 is 0 Å². The first-order chi connectivity index (χ1) is 18.6. The third-order valence-corrected chi connectivity index (χ3v) is 7.62. The van der Waals surface area contributed by atoms with Gasteiger partial charge in [-0.3, -0.25) is 9.59 Å². The zero-order chi connectivity index (χ0) is 28.8. The number of carbonyl (C=O) groups is 3. The van der Waals surface area contributed by atoms with E-state index in [0.29, 0.717) is 18.7 Å². The van der Waals surface area contributed by atoms with Gasteiger partial charge in [0, 0.05) is 24.8 Å². The number of sulfonamides is 1. The lowest BCUT2D eigenvalue weighted by atomic mass is 10.1. The monoisotopic (exact) mass is 559 g/mol. The van der Waals surface area contributed by atoms with Crippen molar-refractivity contribution >= 4 is 27.8 Å². The van der Waals surface area contributed by atoms with Gasteiger partial charge in [0.2, 0.25) is 0 Å². The quantitative estimate of drug-likeness (QED) is 0.280. The van der Waals surface area contributed by atoms with Gasteiger partial charge in [0.1, 0.15) is 5.69 Å². The number of amides is 2. The first-order valence-electron chi connectivity index (χ1n) is 13.7. The molecule has 214 valence electrons. The number of rotatable bonds is 16. The van der Waals surface area contributed by atoms with E-state index in [4.69, 9.17) is 4.74 Å². The van der Waals surface area contributed by atoms with Crippen LogP contribution in [-0.4, -0.2) is 55.8 Å². The van der Waals surface area contributed by atoms with Gasteiger partial charge >= 0.3 is 5.97 Å². The Morgan fingerprint density at radius 1 is 0.897 bits per heavy atom. The van der Waals surface area contributed by atoms with E-state index in [1.54, 1.807) is 4.90 Å². The van der Waals surface area contributed by atoms with E-state index >= 15 is 0 Å². The van der Waals surface area contributed by atoms with Crippen molar-refractivity contribution in [1.82, 2.24) is 14.6 Å². The number of aromatic nitrogens is 1. The van der Waals surface area contributed by atoms with Gasteiger partial charge in [-0.1, -0.05) is 53.4 Å². The lowest BCUT2D eigenvalue weighted by Crippen LogP contribution is -2.33. The third kappa shape index (κ3) is 10.1. The summed E-state index contributed by atoms with van der Waals surface area (Å²) in [6.07, 6.45) is 7.93. The van der Waals surface area contributed by atoms with Gasteiger partial charge < -0.3 is 9.64 Å². The van der Waals surface area contributed by atoms with E-state index in [9.17, 15) is 22.8 Å². The predicted molar refractivity (Wildman–Crippen MR) is 150 cm³/mol. The van der Waals surface area contributed by atoms with Crippen molar-refractivity contribution in [2.75, 3.05) is 19.7 Å². The van der Waals surface area contributed by atoms with E-state index in [1.165, 1.54) is 36.4 Å². The van der Waals surface area contributed by atoms with Crippen LogP contribution in [0.15, 0.2) is 47.5 Å². The van der Waals surface area contributed by atoms with Crippen LogP contribution in [-0.2, 0) is 14.8 Å². The Kier molecular flexibility index (Phi) is 13.1. The van der Waals surface area contributed by atoms with Crippen LogP contribution < -0.4 is 4.72 Å². The number of nitrogens with zero attached hydrogens (tertiary/aromatic N) is 2. The van der Waals surface area contributed by atoms with Gasteiger partial charge in [-0.2, -0.15) is 0 Å². The fourth-order valence-electron chi connectivity index (χ4n) is 3.79. The highest BCUT2D eigenvalue weighted by Crippen LogP contribution is 2.15. The van der Waals surface area contributed by atoms with Crippen molar-refractivity contribution in [2.45, 2.75) is 77.5 Å². The van der Waals surface area contributed by atoms with Crippen LogP contribution in [0.4, 0.5) is 0 Å². The molecule has 10 heteroatoms. The molecule has 0 saturated carbocycles. The second-order valence-electron chi connectivity index (χ2n) is 9.74. The molecule has 9 nitrogen and oxygen atoms in total. The molecule has 1 N–H and O–H groups in total. The first kappa shape index (κ1) is 31.9. The Bertz CT molecular complexity index is 1170. The molecule has 0 aliphatic rings. The molecule has 39 heavy (non-hydrogen) atoms. The Labute approximate surface area is 232 Å². The molecular weight excluding hydrogens is 518 g/mol. The van der Waals surface area contributed by atoms with Gasteiger partial charge in [0.05, 0.1) is 17.1 Å². The number of ether oxygens (including phenoxy) is 1. The number of nitrogens with one attached hydrogen (secondary N) is 1. The van der Waals surface area contributed by atoms with Crippen LogP contribution in [0, 0.1) is 5.92 Å². The number of benzene rings is 1. The minimum absolute atomic E-state index is 0.0271. The molecule has 0 fully saturated rings. The van der Waals surface area contributed by atoms with E-state index < -0.39 is 21.9 Å². The molecule has 1 aromatic heterocycles. The fourth-order valence-corrected chi connectivity index (χ4v) is 4.76. The normalized spacial score (nSPS) is 12.0. The second kappa shape index (κ2) is 16.0. The molecule has 1 unspecified atom stereocenters. The van der Waals surface area contributed by atoms with Gasteiger partial charge in [-0.15, -0.1) is 0 Å². The van der Waals surface area contributed by atoms with Gasteiger partial charge in [0.15, 0.2) is 0 Å². The fraction of sp³-hybridized carbons (Fsp3) is 0.517. The second-order valence-corrected chi connectivity index (χ2v) is 11.4. The molecule has 2 amide bonds. The number of hydrogen-bond donors (Lipinski definition) is 1. The highest BCUT2D eigenvalue weighted by Gasteiger charge is 2.21. The van der Waals surface area contributed by atoms with Crippen molar-refractivity contribution in [3.05, 3.63) is 59.4 Å². The maximum atomic E-state index is 12.9. The molecule has 0 radical (unpaired) electrons. The molecule has 1 atom stereocenters. The molecule has 0 aliphatic carbocycles. The van der Waals surface area contributed by atoms with Gasteiger partial charge in [-0.25, -0.2) is 22.9 Å². The Morgan fingerprint density at radius 2 is 1.49 bits per heavy atom. The maximum Gasteiger partial charge on any atom is 0.356 e. The zero-order valence-electron chi connectivity index (χ0n) is 23.4. The number of esters is 1. The minimum atomic E-state index is -4.19. The van der Waals surface area contributed by atoms with Crippen LogP contribution in [0.25, 0.3) is 0 Å². The van der Waals surface area contributed by atoms with Crippen molar-refractivity contribution in [3.63, 3.8) is 0 Å². The predicted octanol–water partition coefficient (Wildman–Crippen LogP) is 5.23. The molecule has 2 aromatic rings. The molecule has 0 aliphatic heterocycles. The van der Waals surface area contributed by atoms with Crippen LogP contribution in [0.2, 0.25) is 0 Å². The summed E-state index contributed by atoms with van der Waals surface area (Å²) >= 11 is 0. The molecular formula is C29H41N3O6S. The van der Waals surface area contributed by atoms with Crippen molar-refractivity contribution in [3.8, 4) is 0 Å². The summed E-state index contributed by atoms with van der Waals surface area (Å²) < 4.78 is 32.9. The standard InChI is InChI=1S/C29H41N3O6S/c1-5-8-11-22(4)21-38-29(35)26-17-14-24(20-30-26)27(33)31-39(36,37)25-15-12-23(13-16-25)28(34)32(18-9-6-2)19-10-7-3/h12-17,20,22H,5-11,18-19,21H2,1-4H3,(H,31,33). The van der Waals surface area contributed by atoms with Crippen LogP contribution in [0.3, 0.4) is 0 Å². The Morgan fingerprint density at radius 3 is 2.03 bits per heavy atom. The zero-order valence-corrected chi connectivity index (χ0v) is 24.3. The number of pyridine rings is 1. The summed E-state index contributed by atoms with van der Waals surface area (Å²) in [7, 11) is -4.19. The third-order valence-electron chi connectivity index (χ3n) is 6.27. The molecule has 2 rings (SSSR count). The van der Waals surface area contributed by atoms with E-state index in [-0.39, 0.29) is 34.6 Å². The summed E-state index contributed by atoms with van der Waals surface area (Å²) in [4.78, 5) is 43.4. The number of carbonyl (C=O) groups excluding carboxylic acids is 3. The average molecular weight is 560 g/mol. The molecule has 1 heterocycles. The van der Waals surface area contributed by atoms with E-state index in [2.05, 4.69) is 25.8 Å². The lowest BCUT2D eigenvalue weighted by molar-refractivity contribution is 0.0435. The molecule has 0 spiro atoms. The molecule has 0 bridgehead atoms. The van der Waals surface area contributed by atoms with E-state index in [0.717, 1.165) is 51.1 Å². The van der Waals surface area contributed by atoms with Crippen LogP contribution in [0.5, 0.6) is 0 Å².